The number of halogens is 6. The summed E-state index contributed by atoms with van der Waals surface area (Å²) >= 11 is 0.713. The van der Waals surface area contributed by atoms with E-state index in [-0.39, 0.29) is 10.9 Å². The third-order valence-corrected chi connectivity index (χ3v) is 2.76. The third kappa shape index (κ3) is 5.65. The van der Waals surface area contributed by atoms with E-state index in [1.165, 1.54) is 6.92 Å². The van der Waals surface area contributed by atoms with Crippen molar-refractivity contribution in [2.75, 3.05) is 12.4 Å². The van der Waals surface area contributed by atoms with E-state index >= 15 is 0 Å². The first-order valence-corrected chi connectivity index (χ1v) is 5.70. The minimum atomic E-state index is -4.86. The van der Waals surface area contributed by atoms with Gasteiger partial charge in [-0.15, -0.1) is 0 Å². The largest absolute Gasteiger partial charge is 0.337 e. The van der Waals surface area contributed by atoms with Crippen molar-refractivity contribution in [2.45, 2.75) is 37.8 Å². The fourth-order valence-corrected chi connectivity index (χ4v) is 1.62. The van der Waals surface area contributed by atoms with Crippen LogP contribution in [0.4, 0.5) is 26.3 Å². The quantitative estimate of drug-likeness (QED) is 0.663. The van der Waals surface area contributed by atoms with E-state index in [9.17, 15) is 31.1 Å². The molecule has 1 unspecified atom stereocenters. The molecule has 0 rings (SSSR count). The van der Waals surface area contributed by atoms with Gasteiger partial charge in [0.25, 0.3) is 0 Å². The Morgan fingerprint density at radius 3 is 2.18 bits per heavy atom. The number of carbonyl (C=O) groups is 1. The molecule has 0 spiro atoms. The lowest BCUT2D eigenvalue weighted by Crippen LogP contribution is -2.44. The fraction of sp³-hybridized carbons (Fsp3) is 0.889. The van der Waals surface area contributed by atoms with Gasteiger partial charge in [0, 0.05) is 19.1 Å². The molecule has 0 radical (unpaired) electrons. The summed E-state index contributed by atoms with van der Waals surface area (Å²) in [5.41, 5.74) is 0. The zero-order chi connectivity index (χ0) is 13.7. The van der Waals surface area contributed by atoms with Crippen molar-refractivity contribution in [1.82, 2.24) is 0 Å². The summed E-state index contributed by atoms with van der Waals surface area (Å²) < 4.78 is 74.9. The molecule has 0 heterocycles. The van der Waals surface area contributed by atoms with Crippen molar-refractivity contribution in [1.29, 1.82) is 0 Å². The second kappa shape index (κ2) is 6.51. The zero-order valence-electron chi connectivity index (χ0n) is 8.99. The van der Waals surface area contributed by atoms with Gasteiger partial charge in [-0.25, -0.2) is 8.78 Å². The average Bonchev–Trinajstić information content (AvgIpc) is 2.15. The van der Waals surface area contributed by atoms with Crippen molar-refractivity contribution in [3.05, 3.63) is 0 Å². The minimum Gasteiger partial charge on any atom is -0.288 e. The molecule has 102 valence electrons. The lowest BCUT2D eigenvalue weighted by molar-refractivity contribution is -0.224. The number of hydrogen-bond acceptors (Lipinski definition) is 2. The highest BCUT2D eigenvalue weighted by molar-refractivity contribution is 8.13. The number of alkyl halides is 6. The summed E-state index contributed by atoms with van der Waals surface area (Å²) in [6, 6.07) is 0. The molecule has 0 saturated heterocycles. The normalized spacial score (nSPS) is 14.8. The molecule has 0 saturated carbocycles. The van der Waals surface area contributed by atoms with Crippen molar-refractivity contribution < 1.29 is 31.1 Å². The minimum absolute atomic E-state index is 0.0756. The van der Waals surface area contributed by atoms with Gasteiger partial charge >= 0.3 is 11.8 Å². The maximum atomic E-state index is 13.0. The molecular formula is C9H12F6OS. The molecule has 0 aliphatic heterocycles. The van der Waals surface area contributed by atoms with E-state index in [1.54, 1.807) is 0 Å². The van der Waals surface area contributed by atoms with Crippen LogP contribution in [-0.4, -0.2) is 35.6 Å². The van der Waals surface area contributed by atoms with Crippen LogP contribution >= 0.6 is 11.8 Å². The molecule has 17 heavy (non-hydrogen) atoms. The van der Waals surface area contributed by atoms with E-state index in [1.807, 2.05) is 0 Å². The van der Waals surface area contributed by atoms with Crippen LogP contribution < -0.4 is 0 Å². The van der Waals surface area contributed by atoms with Gasteiger partial charge in [0.15, 0.2) is 11.8 Å². The van der Waals surface area contributed by atoms with Crippen LogP contribution in [0.15, 0.2) is 0 Å². The van der Waals surface area contributed by atoms with Gasteiger partial charge in [-0.3, -0.25) is 4.79 Å². The maximum absolute atomic E-state index is 13.0. The summed E-state index contributed by atoms with van der Waals surface area (Å²) in [4.78, 5) is 10.4. The molecule has 0 aliphatic carbocycles. The molecule has 0 aromatic heterocycles. The third-order valence-electron chi connectivity index (χ3n) is 1.92. The Kier molecular flexibility index (Phi) is 6.36. The smallest absolute Gasteiger partial charge is 0.288 e. The zero-order valence-corrected chi connectivity index (χ0v) is 9.81. The van der Waals surface area contributed by atoms with Crippen LogP contribution in [0.1, 0.15) is 19.8 Å². The van der Waals surface area contributed by atoms with Gasteiger partial charge in [-0.1, -0.05) is 11.8 Å². The van der Waals surface area contributed by atoms with Gasteiger partial charge in [0.2, 0.25) is 0 Å². The Labute approximate surface area is 98.9 Å². The number of carbonyl (C=O) groups excluding carboxylic acids is 1. The number of rotatable bonds is 7. The van der Waals surface area contributed by atoms with Gasteiger partial charge in [0.1, 0.15) is 6.17 Å². The van der Waals surface area contributed by atoms with Crippen LogP contribution in [-0.2, 0) is 4.79 Å². The Morgan fingerprint density at radius 2 is 1.76 bits per heavy atom. The molecule has 0 fully saturated rings. The summed E-state index contributed by atoms with van der Waals surface area (Å²) in [6.45, 7) is -1.32. The molecule has 0 N–H and O–H groups in total. The Balaban J connectivity index is 4.18. The molecule has 0 aliphatic rings. The summed E-state index contributed by atoms with van der Waals surface area (Å²) in [5.74, 6) is -9.65. The van der Waals surface area contributed by atoms with Crippen molar-refractivity contribution in [2.24, 2.45) is 0 Å². The molecule has 0 bridgehead atoms. The standard InChI is InChI=1S/C9H12F6OS/c1-6(16)17-3-2-7(11)4-8(12,13)9(14,15)5-10/h7H,2-5H2,1H3. The highest BCUT2D eigenvalue weighted by Gasteiger charge is 2.57. The topological polar surface area (TPSA) is 17.1 Å². The van der Waals surface area contributed by atoms with Crippen LogP contribution in [0, 0.1) is 0 Å². The first-order chi connectivity index (χ1) is 7.62. The SMILES string of the molecule is CC(=O)SCCC(F)CC(F)(F)C(F)(F)CF. The van der Waals surface area contributed by atoms with Crippen LogP contribution in [0.3, 0.4) is 0 Å². The van der Waals surface area contributed by atoms with E-state index in [2.05, 4.69) is 0 Å². The lowest BCUT2D eigenvalue weighted by atomic mass is 10.0. The molecule has 0 aromatic rings. The molecule has 0 aromatic carbocycles. The van der Waals surface area contributed by atoms with Crippen molar-refractivity contribution >= 4 is 16.9 Å². The average molecular weight is 282 g/mol. The monoisotopic (exact) mass is 282 g/mol. The van der Waals surface area contributed by atoms with Crippen LogP contribution in [0.25, 0.3) is 0 Å². The Morgan fingerprint density at radius 1 is 1.24 bits per heavy atom. The second-order valence-electron chi connectivity index (χ2n) is 3.47. The van der Waals surface area contributed by atoms with Gasteiger partial charge in [-0.05, 0) is 6.42 Å². The van der Waals surface area contributed by atoms with E-state index in [4.69, 9.17) is 0 Å². The van der Waals surface area contributed by atoms with E-state index < -0.39 is 37.5 Å². The predicted octanol–water partition coefficient (Wildman–Crippen LogP) is 3.62. The first kappa shape index (κ1) is 16.6. The van der Waals surface area contributed by atoms with Crippen molar-refractivity contribution in [3.8, 4) is 0 Å². The Hall–Kier alpha value is -0.400. The molecule has 8 heteroatoms. The van der Waals surface area contributed by atoms with Crippen molar-refractivity contribution in [3.63, 3.8) is 0 Å². The predicted molar refractivity (Wildman–Crippen MR) is 53.1 cm³/mol. The first-order valence-electron chi connectivity index (χ1n) is 4.71. The van der Waals surface area contributed by atoms with Gasteiger partial charge < -0.3 is 0 Å². The van der Waals surface area contributed by atoms with E-state index in [0.29, 0.717) is 11.8 Å². The highest BCUT2D eigenvalue weighted by atomic mass is 32.2. The fourth-order valence-electron chi connectivity index (χ4n) is 0.958. The highest BCUT2D eigenvalue weighted by Crippen LogP contribution is 2.39. The molecule has 1 nitrogen and oxygen atoms in total. The number of thioether (sulfide) groups is 1. The second-order valence-corrected chi connectivity index (χ2v) is 4.74. The van der Waals surface area contributed by atoms with Crippen LogP contribution in [0.2, 0.25) is 0 Å². The summed E-state index contributed by atoms with van der Waals surface area (Å²) in [7, 11) is 0. The van der Waals surface area contributed by atoms with Crippen LogP contribution in [0.5, 0.6) is 0 Å². The molecule has 1 atom stereocenters. The Bertz CT molecular complexity index is 258. The maximum Gasteiger partial charge on any atom is 0.337 e. The van der Waals surface area contributed by atoms with Gasteiger partial charge in [0.05, 0.1) is 0 Å². The van der Waals surface area contributed by atoms with E-state index in [0.717, 1.165) is 0 Å². The lowest BCUT2D eigenvalue weighted by Gasteiger charge is -2.25. The van der Waals surface area contributed by atoms with Gasteiger partial charge in [-0.2, -0.15) is 17.6 Å². The molecule has 0 amide bonds. The summed E-state index contributed by atoms with van der Waals surface area (Å²) in [6.07, 6.45) is -4.40. The molecular weight excluding hydrogens is 270 g/mol. The number of hydrogen-bond donors (Lipinski definition) is 0. The summed E-state index contributed by atoms with van der Waals surface area (Å²) in [5, 5.41) is -0.321.